The molecule has 0 saturated carbocycles. The van der Waals surface area contributed by atoms with E-state index in [1.165, 1.54) is 38.4 Å². The van der Waals surface area contributed by atoms with Gasteiger partial charge in [-0.1, -0.05) is 12.1 Å². The van der Waals surface area contributed by atoms with Gasteiger partial charge in [0.25, 0.3) is 15.9 Å². The number of nitrogens with one attached hydrogen (secondary N) is 1. The van der Waals surface area contributed by atoms with E-state index in [0.717, 1.165) is 4.31 Å². The normalized spacial score (nSPS) is 10.7. The van der Waals surface area contributed by atoms with Gasteiger partial charge in [-0.2, -0.15) is 5.26 Å². The van der Waals surface area contributed by atoms with Gasteiger partial charge in [0.1, 0.15) is 5.75 Å². The van der Waals surface area contributed by atoms with E-state index in [1.807, 2.05) is 6.07 Å². The predicted octanol–water partition coefficient (Wildman–Crippen LogP) is 3.64. The third-order valence-electron chi connectivity index (χ3n) is 4.47. The Morgan fingerprint density at radius 2 is 1.63 bits per heavy atom. The van der Waals surface area contributed by atoms with Crippen molar-refractivity contribution >= 4 is 27.3 Å². The highest BCUT2D eigenvalue weighted by Gasteiger charge is 2.24. The van der Waals surface area contributed by atoms with E-state index >= 15 is 0 Å². The van der Waals surface area contributed by atoms with E-state index in [1.54, 1.807) is 48.5 Å². The van der Waals surface area contributed by atoms with Crippen molar-refractivity contribution in [3.63, 3.8) is 0 Å². The summed E-state index contributed by atoms with van der Waals surface area (Å²) in [7, 11) is -0.927. The molecule has 3 rings (SSSR count). The molecule has 0 spiro atoms. The largest absolute Gasteiger partial charge is 0.495 e. The number of carbonyl (C=O) groups excluding carboxylic acids is 1. The van der Waals surface area contributed by atoms with Crippen LogP contribution in [0.2, 0.25) is 0 Å². The van der Waals surface area contributed by atoms with Crippen LogP contribution >= 0.6 is 0 Å². The van der Waals surface area contributed by atoms with Crippen LogP contribution in [0.5, 0.6) is 5.75 Å². The van der Waals surface area contributed by atoms with Gasteiger partial charge >= 0.3 is 0 Å². The van der Waals surface area contributed by atoms with Gasteiger partial charge in [-0.05, 0) is 60.7 Å². The zero-order chi connectivity index (χ0) is 21.7. The van der Waals surface area contributed by atoms with Crippen molar-refractivity contribution < 1.29 is 17.9 Å². The molecule has 0 aliphatic rings. The molecule has 1 amide bonds. The highest BCUT2D eigenvalue weighted by atomic mass is 32.2. The number of carbonyl (C=O) groups is 1. The summed E-state index contributed by atoms with van der Waals surface area (Å²) < 4.78 is 32.3. The molecule has 7 nitrogen and oxygen atoms in total. The minimum absolute atomic E-state index is 0.0471. The van der Waals surface area contributed by atoms with Crippen LogP contribution in [0.25, 0.3) is 0 Å². The summed E-state index contributed by atoms with van der Waals surface area (Å²) in [5, 5.41) is 11.5. The minimum atomic E-state index is -3.84. The highest BCUT2D eigenvalue weighted by Crippen LogP contribution is 2.30. The topological polar surface area (TPSA) is 99.5 Å². The second kappa shape index (κ2) is 8.68. The molecule has 0 atom stereocenters. The lowest BCUT2D eigenvalue weighted by molar-refractivity contribution is 0.102. The zero-order valence-corrected chi connectivity index (χ0v) is 17.2. The van der Waals surface area contributed by atoms with E-state index in [4.69, 9.17) is 10.00 Å². The first-order chi connectivity index (χ1) is 14.4. The number of hydrogen-bond donors (Lipinski definition) is 1. The number of para-hydroxylation sites is 2. The molecule has 1 N–H and O–H groups in total. The number of hydrogen-bond acceptors (Lipinski definition) is 5. The Bertz CT molecular complexity index is 1200. The van der Waals surface area contributed by atoms with Crippen molar-refractivity contribution in [2.24, 2.45) is 0 Å². The number of nitrogens with zero attached hydrogens (tertiary/aromatic N) is 2. The van der Waals surface area contributed by atoms with Gasteiger partial charge in [0.2, 0.25) is 0 Å². The van der Waals surface area contributed by atoms with Gasteiger partial charge in [-0.25, -0.2) is 8.42 Å². The maximum Gasteiger partial charge on any atom is 0.264 e. The van der Waals surface area contributed by atoms with Gasteiger partial charge in [0.15, 0.2) is 0 Å². The number of methoxy groups -OCH3 is 1. The number of sulfonamides is 1. The van der Waals surface area contributed by atoms with Crippen LogP contribution in [0, 0.1) is 11.3 Å². The van der Waals surface area contributed by atoms with E-state index in [2.05, 4.69) is 5.32 Å². The predicted molar refractivity (Wildman–Crippen MR) is 114 cm³/mol. The Balaban J connectivity index is 1.80. The lowest BCUT2D eigenvalue weighted by atomic mass is 10.2. The molecule has 0 bridgehead atoms. The van der Waals surface area contributed by atoms with E-state index in [0.29, 0.717) is 28.3 Å². The van der Waals surface area contributed by atoms with Crippen LogP contribution in [0.15, 0.2) is 77.7 Å². The fraction of sp³-hybridized carbons (Fsp3) is 0.0909. The second-order valence-electron chi connectivity index (χ2n) is 6.31. The van der Waals surface area contributed by atoms with Crippen LogP contribution in [0.1, 0.15) is 15.9 Å². The summed E-state index contributed by atoms with van der Waals surface area (Å²) in [4.78, 5) is 12.5. The van der Waals surface area contributed by atoms with Crippen LogP contribution < -0.4 is 14.4 Å². The molecule has 0 unspecified atom stereocenters. The molecule has 3 aromatic carbocycles. The van der Waals surface area contributed by atoms with Crippen LogP contribution in [-0.4, -0.2) is 28.5 Å². The third-order valence-corrected chi connectivity index (χ3v) is 6.26. The minimum Gasteiger partial charge on any atom is -0.495 e. The van der Waals surface area contributed by atoms with E-state index < -0.39 is 10.0 Å². The Morgan fingerprint density at radius 3 is 2.23 bits per heavy atom. The number of nitriles is 1. The molecule has 0 aliphatic heterocycles. The summed E-state index contributed by atoms with van der Waals surface area (Å²) in [5.41, 5.74) is 1.73. The van der Waals surface area contributed by atoms with Gasteiger partial charge in [0, 0.05) is 18.3 Å². The lowest BCUT2D eigenvalue weighted by Crippen LogP contribution is -2.27. The van der Waals surface area contributed by atoms with Crippen molar-refractivity contribution in [2.45, 2.75) is 4.90 Å². The monoisotopic (exact) mass is 421 g/mol. The van der Waals surface area contributed by atoms with E-state index in [-0.39, 0.29) is 10.8 Å². The summed E-state index contributed by atoms with van der Waals surface area (Å²) in [6, 6.07) is 20.9. The van der Waals surface area contributed by atoms with Gasteiger partial charge in [0.05, 0.1) is 29.3 Å². The molecular formula is C22H19N3O4S. The quantitative estimate of drug-likeness (QED) is 0.655. The average Bonchev–Trinajstić information content (AvgIpc) is 2.79. The number of ether oxygens (including phenoxy) is 1. The van der Waals surface area contributed by atoms with Gasteiger partial charge in [-0.15, -0.1) is 0 Å². The highest BCUT2D eigenvalue weighted by molar-refractivity contribution is 7.92. The van der Waals surface area contributed by atoms with Crippen LogP contribution in [-0.2, 0) is 10.0 Å². The zero-order valence-electron chi connectivity index (χ0n) is 16.4. The Hall–Kier alpha value is -3.83. The average molecular weight is 421 g/mol. The van der Waals surface area contributed by atoms with Crippen LogP contribution in [0.3, 0.4) is 0 Å². The van der Waals surface area contributed by atoms with Crippen molar-refractivity contribution in [1.29, 1.82) is 5.26 Å². The van der Waals surface area contributed by atoms with Crippen molar-refractivity contribution in [1.82, 2.24) is 0 Å². The summed E-state index contributed by atoms with van der Waals surface area (Å²) in [6.45, 7) is 0. The first-order valence-electron chi connectivity index (χ1n) is 8.90. The Labute approximate surface area is 175 Å². The van der Waals surface area contributed by atoms with Gasteiger partial charge in [-0.3, -0.25) is 9.10 Å². The molecule has 0 radical (unpaired) electrons. The van der Waals surface area contributed by atoms with Crippen molar-refractivity contribution in [2.75, 3.05) is 23.8 Å². The number of rotatable bonds is 6. The smallest absolute Gasteiger partial charge is 0.264 e. The number of benzene rings is 3. The maximum atomic E-state index is 13.0. The first-order valence-corrected chi connectivity index (χ1v) is 10.3. The molecule has 0 aromatic heterocycles. The van der Waals surface area contributed by atoms with Gasteiger partial charge < -0.3 is 10.1 Å². The Kier molecular flexibility index (Phi) is 6.04. The molecule has 30 heavy (non-hydrogen) atoms. The SMILES string of the molecule is COc1ccccc1N(C)S(=O)(=O)c1ccc(C(=O)Nc2ccc(C#N)cc2)cc1. The second-order valence-corrected chi connectivity index (χ2v) is 8.28. The molecule has 152 valence electrons. The number of anilines is 2. The molecular weight excluding hydrogens is 402 g/mol. The molecule has 0 aliphatic carbocycles. The first kappa shape index (κ1) is 20.9. The summed E-state index contributed by atoms with van der Waals surface area (Å²) >= 11 is 0. The molecule has 0 fully saturated rings. The molecule has 3 aromatic rings. The fourth-order valence-electron chi connectivity index (χ4n) is 2.79. The fourth-order valence-corrected chi connectivity index (χ4v) is 3.99. The lowest BCUT2D eigenvalue weighted by Gasteiger charge is -2.21. The maximum absolute atomic E-state index is 13.0. The number of amides is 1. The standard InChI is InChI=1S/C22H19N3O4S/c1-25(20-5-3-4-6-21(20)29-2)30(27,28)19-13-9-17(10-14-19)22(26)24-18-11-7-16(15-23)8-12-18/h3-14H,1-2H3,(H,24,26). The molecule has 8 heteroatoms. The Morgan fingerprint density at radius 1 is 1.00 bits per heavy atom. The summed E-state index contributed by atoms with van der Waals surface area (Å²) in [5.74, 6) is 0.0451. The molecule has 0 saturated heterocycles. The van der Waals surface area contributed by atoms with Crippen LogP contribution in [0.4, 0.5) is 11.4 Å². The third kappa shape index (κ3) is 4.26. The summed E-state index contributed by atoms with van der Waals surface area (Å²) in [6.07, 6.45) is 0. The van der Waals surface area contributed by atoms with Crippen molar-refractivity contribution in [3.05, 3.63) is 83.9 Å². The van der Waals surface area contributed by atoms with Crippen molar-refractivity contribution in [3.8, 4) is 11.8 Å². The van der Waals surface area contributed by atoms with E-state index in [9.17, 15) is 13.2 Å². The molecule has 0 heterocycles.